The van der Waals surface area contributed by atoms with Gasteiger partial charge in [0.2, 0.25) is 6.29 Å². The van der Waals surface area contributed by atoms with Gasteiger partial charge in [-0.05, 0) is 18.9 Å². The lowest BCUT2D eigenvalue weighted by atomic mass is 10.0. The first kappa shape index (κ1) is 15.2. The zero-order chi connectivity index (χ0) is 15.6. The van der Waals surface area contributed by atoms with Crippen LogP contribution in [0.1, 0.15) is 27.2 Å². The van der Waals surface area contributed by atoms with E-state index in [4.69, 9.17) is 18.9 Å². The van der Waals surface area contributed by atoms with Crippen molar-refractivity contribution >= 4 is 17.9 Å². The van der Waals surface area contributed by atoms with Crippen LogP contribution < -0.4 is 0 Å². The van der Waals surface area contributed by atoms with E-state index in [1.807, 2.05) is 6.08 Å². The predicted molar refractivity (Wildman–Crippen MR) is 68.5 cm³/mol. The maximum absolute atomic E-state index is 11.4. The highest BCUT2D eigenvalue weighted by atomic mass is 16.7. The third kappa shape index (κ3) is 3.69. The van der Waals surface area contributed by atoms with E-state index >= 15 is 0 Å². The summed E-state index contributed by atoms with van der Waals surface area (Å²) in [6.07, 6.45) is 1.06. The van der Waals surface area contributed by atoms with Crippen LogP contribution in [-0.2, 0) is 33.3 Å². The van der Waals surface area contributed by atoms with Gasteiger partial charge in [-0.3, -0.25) is 9.59 Å². The Morgan fingerprint density at radius 2 is 1.81 bits per heavy atom. The summed E-state index contributed by atoms with van der Waals surface area (Å²) in [5.74, 6) is -1.65. The summed E-state index contributed by atoms with van der Waals surface area (Å²) in [7, 11) is 0. The highest BCUT2D eigenvalue weighted by Gasteiger charge is 2.37. The molecule has 0 aromatic rings. The Balaban J connectivity index is 2.13. The standard InChI is InChI=1S/C14H16O7/c1-7-4-5-11(20-13(7)18-8(2)15)10-6-12(17)21-14(10)19-9(3)16/h4,6,11,13-14H,5H2,1-3H3/t11-,13-,14+/m1/s1. The normalized spacial score (nSPS) is 28.3. The summed E-state index contributed by atoms with van der Waals surface area (Å²) in [4.78, 5) is 33.5. The molecule has 0 aliphatic carbocycles. The molecular formula is C14H16O7. The van der Waals surface area contributed by atoms with Crippen LogP contribution in [0.5, 0.6) is 0 Å². The summed E-state index contributed by atoms with van der Waals surface area (Å²) < 4.78 is 20.5. The first-order valence-electron chi connectivity index (χ1n) is 6.45. The van der Waals surface area contributed by atoms with Gasteiger partial charge in [0, 0.05) is 25.5 Å². The number of esters is 3. The summed E-state index contributed by atoms with van der Waals surface area (Å²) >= 11 is 0. The molecular weight excluding hydrogens is 280 g/mol. The van der Waals surface area contributed by atoms with E-state index in [0.717, 1.165) is 5.57 Å². The average molecular weight is 296 g/mol. The largest absolute Gasteiger partial charge is 0.432 e. The van der Waals surface area contributed by atoms with Crippen molar-refractivity contribution in [3.63, 3.8) is 0 Å². The van der Waals surface area contributed by atoms with Crippen LogP contribution in [0.4, 0.5) is 0 Å². The van der Waals surface area contributed by atoms with Crippen molar-refractivity contribution in [1.29, 1.82) is 0 Å². The van der Waals surface area contributed by atoms with Gasteiger partial charge in [-0.2, -0.15) is 0 Å². The molecule has 0 bridgehead atoms. The first-order chi connectivity index (χ1) is 9.86. The van der Waals surface area contributed by atoms with Crippen molar-refractivity contribution in [3.8, 4) is 0 Å². The maximum Gasteiger partial charge on any atom is 0.334 e. The van der Waals surface area contributed by atoms with Gasteiger partial charge in [-0.25, -0.2) is 4.79 Å². The highest BCUT2D eigenvalue weighted by molar-refractivity contribution is 5.86. The van der Waals surface area contributed by atoms with E-state index in [-0.39, 0.29) is 0 Å². The molecule has 7 heteroatoms. The van der Waals surface area contributed by atoms with E-state index in [1.165, 1.54) is 19.9 Å². The van der Waals surface area contributed by atoms with Gasteiger partial charge in [0.1, 0.15) is 0 Å². The van der Waals surface area contributed by atoms with Gasteiger partial charge >= 0.3 is 17.9 Å². The number of hydrogen-bond acceptors (Lipinski definition) is 7. The summed E-state index contributed by atoms with van der Waals surface area (Å²) in [6, 6.07) is 0. The van der Waals surface area contributed by atoms with Crippen molar-refractivity contribution in [1.82, 2.24) is 0 Å². The quantitative estimate of drug-likeness (QED) is 0.566. The second kappa shape index (κ2) is 6.09. The molecule has 0 aromatic heterocycles. The molecule has 3 atom stereocenters. The fraction of sp³-hybridized carbons (Fsp3) is 0.500. The summed E-state index contributed by atoms with van der Waals surface area (Å²) in [6.45, 7) is 4.28. The molecule has 0 N–H and O–H groups in total. The second-order valence-corrected chi connectivity index (χ2v) is 4.77. The van der Waals surface area contributed by atoms with Crippen LogP contribution in [0.2, 0.25) is 0 Å². The van der Waals surface area contributed by atoms with Crippen LogP contribution in [0, 0.1) is 0 Å². The number of hydrogen-bond donors (Lipinski definition) is 0. The molecule has 2 aliphatic heterocycles. The molecule has 0 unspecified atom stereocenters. The van der Waals surface area contributed by atoms with Crippen LogP contribution in [0.15, 0.2) is 23.3 Å². The number of carbonyl (C=O) groups is 3. The third-order valence-electron chi connectivity index (χ3n) is 3.01. The fourth-order valence-corrected chi connectivity index (χ4v) is 2.09. The smallest absolute Gasteiger partial charge is 0.334 e. The Hall–Kier alpha value is -2.15. The zero-order valence-electron chi connectivity index (χ0n) is 12.0. The molecule has 0 saturated carbocycles. The number of carbonyl (C=O) groups excluding carboxylic acids is 3. The minimum absolute atomic E-state index is 0.399. The lowest BCUT2D eigenvalue weighted by Crippen LogP contribution is -2.35. The van der Waals surface area contributed by atoms with Crippen LogP contribution in [0.3, 0.4) is 0 Å². The fourth-order valence-electron chi connectivity index (χ4n) is 2.09. The summed E-state index contributed by atoms with van der Waals surface area (Å²) in [5, 5.41) is 0. The number of ether oxygens (including phenoxy) is 4. The van der Waals surface area contributed by atoms with Gasteiger partial charge < -0.3 is 18.9 Å². The lowest BCUT2D eigenvalue weighted by molar-refractivity contribution is -0.183. The Kier molecular flexibility index (Phi) is 4.42. The van der Waals surface area contributed by atoms with Gasteiger partial charge in [-0.1, -0.05) is 6.08 Å². The van der Waals surface area contributed by atoms with E-state index in [9.17, 15) is 14.4 Å². The Morgan fingerprint density at radius 3 is 2.43 bits per heavy atom. The number of cyclic esters (lactones) is 1. The molecule has 0 aromatic carbocycles. The molecule has 0 saturated heterocycles. The predicted octanol–water partition coefficient (Wildman–Crippen LogP) is 0.983. The number of rotatable bonds is 3. The molecule has 0 spiro atoms. The molecule has 0 amide bonds. The second-order valence-electron chi connectivity index (χ2n) is 4.77. The highest BCUT2D eigenvalue weighted by Crippen LogP contribution is 2.30. The molecule has 0 fully saturated rings. The van der Waals surface area contributed by atoms with E-state index in [1.54, 1.807) is 6.92 Å². The molecule has 2 aliphatic rings. The molecule has 2 heterocycles. The van der Waals surface area contributed by atoms with Gasteiger partial charge in [0.15, 0.2) is 0 Å². The molecule has 21 heavy (non-hydrogen) atoms. The SMILES string of the molecule is CC(=O)O[C@@H]1O[C@@H](C2=CC(=O)O[C@@H]2OC(C)=O)CC=C1C. The van der Waals surface area contributed by atoms with Gasteiger partial charge in [0.05, 0.1) is 6.10 Å². The van der Waals surface area contributed by atoms with Crippen molar-refractivity contribution < 1.29 is 33.3 Å². The van der Waals surface area contributed by atoms with Gasteiger partial charge in [0.25, 0.3) is 6.29 Å². The van der Waals surface area contributed by atoms with Crippen molar-refractivity contribution in [3.05, 3.63) is 23.3 Å². The topological polar surface area (TPSA) is 88.1 Å². The van der Waals surface area contributed by atoms with Crippen molar-refractivity contribution in [2.45, 2.75) is 45.9 Å². The van der Waals surface area contributed by atoms with E-state index < -0.39 is 36.6 Å². The van der Waals surface area contributed by atoms with Crippen molar-refractivity contribution in [2.75, 3.05) is 0 Å². The monoisotopic (exact) mass is 296 g/mol. The summed E-state index contributed by atoms with van der Waals surface area (Å²) in [5.41, 5.74) is 1.16. The van der Waals surface area contributed by atoms with Crippen molar-refractivity contribution in [2.24, 2.45) is 0 Å². The van der Waals surface area contributed by atoms with E-state index in [0.29, 0.717) is 12.0 Å². The maximum atomic E-state index is 11.4. The zero-order valence-corrected chi connectivity index (χ0v) is 12.0. The van der Waals surface area contributed by atoms with Gasteiger partial charge in [-0.15, -0.1) is 0 Å². The Morgan fingerprint density at radius 1 is 1.19 bits per heavy atom. The molecule has 114 valence electrons. The minimum atomic E-state index is -1.09. The first-order valence-corrected chi connectivity index (χ1v) is 6.45. The van der Waals surface area contributed by atoms with Crippen LogP contribution >= 0.6 is 0 Å². The Labute approximate surface area is 121 Å². The Bertz CT molecular complexity index is 531. The average Bonchev–Trinajstić information content (AvgIpc) is 2.71. The molecule has 2 rings (SSSR count). The third-order valence-corrected chi connectivity index (χ3v) is 3.01. The molecule has 0 radical (unpaired) electrons. The van der Waals surface area contributed by atoms with Crippen LogP contribution in [-0.4, -0.2) is 36.6 Å². The lowest BCUT2D eigenvalue weighted by Gasteiger charge is -2.30. The van der Waals surface area contributed by atoms with Crippen LogP contribution in [0.25, 0.3) is 0 Å². The minimum Gasteiger partial charge on any atom is -0.432 e. The molecule has 7 nitrogen and oxygen atoms in total. The van der Waals surface area contributed by atoms with E-state index in [2.05, 4.69) is 0 Å².